The minimum Gasteiger partial charge on any atom is -0.497 e. The van der Waals surface area contributed by atoms with E-state index in [2.05, 4.69) is 36.2 Å². The molecule has 10 heteroatoms. The number of carbonyl (C=O) groups is 3. The maximum Gasteiger partial charge on any atom is 0.326 e. The molecule has 1 N–H and O–H groups in total. The number of esters is 1. The second kappa shape index (κ2) is 9.08. The molecule has 3 amide bonds. The molecule has 0 unspecified atom stereocenters. The van der Waals surface area contributed by atoms with Crippen LogP contribution in [0.2, 0.25) is 0 Å². The van der Waals surface area contributed by atoms with E-state index in [9.17, 15) is 14.4 Å². The molecule has 2 aromatic rings. The smallest absolute Gasteiger partial charge is 0.326 e. The van der Waals surface area contributed by atoms with Crippen molar-refractivity contribution in [3.63, 3.8) is 0 Å². The quantitative estimate of drug-likeness (QED) is 0.504. The Kier molecular flexibility index (Phi) is 6.33. The van der Waals surface area contributed by atoms with Gasteiger partial charge in [-0.05, 0) is 61.3 Å². The van der Waals surface area contributed by atoms with Gasteiger partial charge in [0.05, 0.1) is 7.11 Å². The third-order valence-electron chi connectivity index (χ3n) is 6.77. The zero-order valence-electron chi connectivity index (χ0n) is 19.9. The van der Waals surface area contributed by atoms with Gasteiger partial charge >= 0.3 is 12.0 Å². The molecule has 10 nitrogen and oxygen atoms in total. The van der Waals surface area contributed by atoms with Crippen LogP contribution in [0.3, 0.4) is 0 Å². The topological polar surface area (TPSA) is 124 Å². The number of nitrogens with zero attached hydrogens (tertiary/aromatic N) is 3. The van der Waals surface area contributed by atoms with E-state index in [1.807, 2.05) is 0 Å². The van der Waals surface area contributed by atoms with E-state index >= 15 is 0 Å². The highest BCUT2D eigenvalue weighted by Crippen LogP contribution is 2.43. The predicted molar refractivity (Wildman–Crippen MR) is 120 cm³/mol. The van der Waals surface area contributed by atoms with Gasteiger partial charge in [0, 0.05) is 5.56 Å². The first-order valence-electron chi connectivity index (χ1n) is 11.4. The summed E-state index contributed by atoms with van der Waals surface area (Å²) in [6.45, 7) is 5.85. The van der Waals surface area contributed by atoms with Crippen LogP contribution >= 0.6 is 0 Å². The summed E-state index contributed by atoms with van der Waals surface area (Å²) >= 11 is 0. The molecule has 1 aliphatic heterocycles. The fourth-order valence-electron chi connectivity index (χ4n) is 4.62. The zero-order chi connectivity index (χ0) is 24.5. The van der Waals surface area contributed by atoms with Crippen LogP contribution < -0.4 is 10.1 Å². The van der Waals surface area contributed by atoms with Crippen LogP contribution in [0.4, 0.5) is 4.79 Å². The number of urea groups is 1. The second-order valence-electron chi connectivity index (χ2n) is 9.94. The molecule has 2 fully saturated rings. The van der Waals surface area contributed by atoms with E-state index in [4.69, 9.17) is 14.0 Å². The van der Waals surface area contributed by atoms with Crippen LogP contribution in [-0.4, -0.2) is 52.1 Å². The Bertz CT molecular complexity index is 1060. The first-order chi connectivity index (χ1) is 16.1. The van der Waals surface area contributed by atoms with Gasteiger partial charge in [-0.3, -0.25) is 14.5 Å². The van der Waals surface area contributed by atoms with Crippen molar-refractivity contribution in [3.05, 3.63) is 30.2 Å². The number of imide groups is 1. The lowest BCUT2D eigenvalue weighted by Crippen LogP contribution is -2.50. The molecule has 34 heavy (non-hydrogen) atoms. The third-order valence-corrected chi connectivity index (χ3v) is 6.77. The van der Waals surface area contributed by atoms with Gasteiger partial charge in [-0.15, -0.1) is 0 Å². The molecule has 0 bridgehead atoms. The number of ether oxygens (including phenoxy) is 2. The molecule has 2 heterocycles. The largest absolute Gasteiger partial charge is 0.497 e. The fraction of sp³-hybridized carbons (Fsp3) is 0.542. The molecular weight excluding hydrogens is 440 g/mol. The van der Waals surface area contributed by atoms with Crippen molar-refractivity contribution in [1.29, 1.82) is 0 Å². The van der Waals surface area contributed by atoms with Gasteiger partial charge in [-0.2, -0.15) is 4.98 Å². The summed E-state index contributed by atoms with van der Waals surface area (Å²) in [7, 11) is 1.58. The minimum atomic E-state index is -0.918. The van der Waals surface area contributed by atoms with Gasteiger partial charge in [0.15, 0.2) is 6.61 Å². The van der Waals surface area contributed by atoms with E-state index in [0.29, 0.717) is 35.9 Å². The van der Waals surface area contributed by atoms with Crippen LogP contribution in [0, 0.1) is 11.3 Å². The highest BCUT2D eigenvalue weighted by molar-refractivity contribution is 6.08. The summed E-state index contributed by atoms with van der Waals surface area (Å²) in [5, 5.41) is 6.71. The van der Waals surface area contributed by atoms with Crippen molar-refractivity contribution < 1.29 is 28.4 Å². The lowest BCUT2D eigenvalue weighted by molar-refractivity contribution is -0.149. The highest BCUT2D eigenvalue weighted by atomic mass is 16.6. The number of benzene rings is 1. The Morgan fingerprint density at radius 1 is 1.21 bits per heavy atom. The molecule has 182 valence electrons. The second-order valence-corrected chi connectivity index (χ2v) is 9.94. The molecule has 0 radical (unpaired) electrons. The standard InChI is InChI=1S/C24H30N4O6/c1-23(2,3)16-9-11-24(12-10-16)21(30)28(22(31)26-24)13-19(29)33-14-18-25-20(27-34-18)15-5-7-17(32-4)8-6-15/h5-8,16H,9-14H2,1-4H3,(H,26,31). The maximum absolute atomic E-state index is 13.0. The molecule has 1 saturated heterocycles. The average Bonchev–Trinajstić information content (AvgIpc) is 3.37. The SMILES string of the molecule is COc1ccc(-c2noc(COC(=O)CN3C(=O)NC4(CCC(C(C)(C)C)CC4)C3=O)n2)cc1. The third kappa shape index (κ3) is 4.76. The van der Waals surface area contributed by atoms with Crippen molar-refractivity contribution in [2.75, 3.05) is 13.7 Å². The molecule has 1 aromatic carbocycles. The number of carbonyl (C=O) groups excluding carboxylic acids is 3. The number of hydrogen-bond acceptors (Lipinski definition) is 8. The zero-order valence-corrected chi connectivity index (χ0v) is 19.9. The number of rotatable bonds is 6. The lowest BCUT2D eigenvalue weighted by atomic mass is 9.67. The molecule has 1 aromatic heterocycles. The summed E-state index contributed by atoms with van der Waals surface area (Å²) in [5.74, 6) is 0.545. The first-order valence-corrected chi connectivity index (χ1v) is 11.4. The number of nitrogens with one attached hydrogen (secondary N) is 1. The predicted octanol–water partition coefficient (Wildman–Crippen LogP) is 3.32. The van der Waals surface area contributed by atoms with Crippen molar-refractivity contribution in [3.8, 4) is 17.1 Å². The van der Waals surface area contributed by atoms with Crippen LogP contribution in [-0.2, 0) is 20.9 Å². The van der Waals surface area contributed by atoms with Crippen molar-refractivity contribution >= 4 is 17.9 Å². The van der Waals surface area contributed by atoms with Gasteiger partial charge in [0.1, 0.15) is 17.8 Å². The Labute approximate surface area is 198 Å². The number of methoxy groups -OCH3 is 1. The van der Waals surface area contributed by atoms with Gasteiger partial charge in [-0.1, -0.05) is 25.9 Å². The number of hydrogen-bond donors (Lipinski definition) is 1. The summed E-state index contributed by atoms with van der Waals surface area (Å²) < 4.78 is 15.4. The Balaban J connectivity index is 1.31. The number of aromatic nitrogens is 2. The van der Waals surface area contributed by atoms with Gasteiger partial charge in [0.25, 0.3) is 11.8 Å². The fourth-order valence-corrected chi connectivity index (χ4v) is 4.62. The van der Waals surface area contributed by atoms with Crippen LogP contribution in [0.15, 0.2) is 28.8 Å². The maximum atomic E-state index is 13.0. The van der Waals surface area contributed by atoms with Crippen molar-refractivity contribution in [2.45, 2.75) is 58.6 Å². The molecular formula is C24H30N4O6. The first kappa shape index (κ1) is 23.7. The molecule has 2 aliphatic rings. The van der Waals surface area contributed by atoms with Gasteiger partial charge in [0.2, 0.25) is 5.82 Å². The molecule has 1 aliphatic carbocycles. The van der Waals surface area contributed by atoms with E-state index in [1.54, 1.807) is 31.4 Å². The van der Waals surface area contributed by atoms with E-state index in [1.165, 1.54) is 0 Å². The molecule has 1 saturated carbocycles. The average molecular weight is 471 g/mol. The molecule has 4 rings (SSSR count). The summed E-state index contributed by atoms with van der Waals surface area (Å²) in [6.07, 6.45) is 2.84. The monoisotopic (exact) mass is 470 g/mol. The van der Waals surface area contributed by atoms with E-state index < -0.39 is 24.1 Å². The molecule has 1 spiro atoms. The summed E-state index contributed by atoms with van der Waals surface area (Å²) in [6, 6.07) is 6.54. The summed E-state index contributed by atoms with van der Waals surface area (Å²) in [4.78, 5) is 43.1. The van der Waals surface area contributed by atoms with Crippen LogP contribution in [0.25, 0.3) is 11.4 Å². The van der Waals surface area contributed by atoms with E-state index in [0.717, 1.165) is 17.7 Å². The number of amides is 3. The van der Waals surface area contributed by atoms with Crippen LogP contribution in [0.5, 0.6) is 5.75 Å². The van der Waals surface area contributed by atoms with Crippen LogP contribution in [0.1, 0.15) is 52.3 Å². The Morgan fingerprint density at radius 3 is 2.50 bits per heavy atom. The van der Waals surface area contributed by atoms with Crippen molar-refractivity contribution in [2.24, 2.45) is 11.3 Å². The Morgan fingerprint density at radius 2 is 1.88 bits per heavy atom. The lowest BCUT2D eigenvalue weighted by Gasteiger charge is -2.40. The van der Waals surface area contributed by atoms with Gasteiger partial charge < -0.3 is 19.3 Å². The molecule has 0 atom stereocenters. The normalized spacial score (nSPS) is 22.7. The van der Waals surface area contributed by atoms with Crippen molar-refractivity contribution in [1.82, 2.24) is 20.4 Å². The Hall–Kier alpha value is -3.43. The summed E-state index contributed by atoms with van der Waals surface area (Å²) in [5.41, 5.74) is -0.0506. The van der Waals surface area contributed by atoms with E-state index in [-0.39, 0.29) is 23.8 Å². The minimum absolute atomic E-state index is 0.105. The van der Waals surface area contributed by atoms with Gasteiger partial charge in [-0.25, -0.2) is 4.79 Å². The highest BCUT2D eigenvalue weighted by Gasteiger charge is 2.53.